The lowest BCUT2D eigenvalue weighted by Gasteiger charge is -2.18. The Kier molecular flexibility index (Phi) is 7.20. The molecule has 3 aromatic rings. The zero-order valence-corrected chi connectivity index (χ0v) is 18.9. The van der Waals surface area contributed by atoms with Crippen molar-refractivity contribution in [2.24, 2.45) is 0 Å². The second kappa shape index (κ2) is 10.0. The van der Waals surface area contributed by atoms with Crippen molar-refractivity contribution in [3.05, 3.63) is 59.0 Å². The van der Waals surface area contributed by atoms with Crippen molar-refractivity contribution >= 4 is 23.2 Å². The molecule has 0 spiro atoms. The highest BCUT2D eigenvalue weighted by Gasteiger charge is 2.20. The van der Waals surface area contributed by atoms with Crippen molar-refractivity contribution in [1.29, 1.82) is 0 Å². The molecule has 3 rings (SSSR count). The molecule has 162 valence electrons. The van der Waals surface area contributed by atoms with E-state index in [1.54, 1.807) is 59.0 Å². The molecule has 0 saturated heterocycles. The zero-order valence-electron chi connectivity index (χ0n) is 18.1. The zero-order chi connectivity index (χ0) is 22.4. The summed E-state index contributed by atoms with van der Waals surface area (Å²) in [6.07, 6.45) is 2.25. The average molecular weight is 441 g/mol. The van der Waals surface area contributed by atoms with Crippen molar-refractivity contribution < 1.29 is 28.5 Å². The van der Waals surface area contributed by atoms with Crippen LogP contribution >= 0.6 is 11.3 Å². The smallest absolute Gasteiger partial charge is 0.203 e. The van der Waals surface area contributed by atoms with Crippen molar-refractivity contribution in [1.82, 2.24) is 0 Å². The lowest BCUT2D eigenvalue weighted by atomic mass is 9.94. The number of methoxy groups -OCH3 is 5. The average Bonchev–Trinajstić information content (AvgIpc) is 3.35. The fourth-order valence-corrected chi connectivity index (χ4v) is 4.14. The third-order valence-corrected chi connectivity index (χ3v) is 5.69. The Morgan fingerprint density at radius 1 is 0.774 bits per heavy atom. The van der Waals surface area contributed by atoms with Gasteiger partial charge in [-0.3, -0.25) is 4.79 Å². The van der Waals surface area contributed by atoms with E-state index in [0.29, 0.717) is 34.3 Å². The van der Waals surface area contributed by atoms with Crippen LogP contribution in [-0.4, -0.2) is 41.8 Å². The molecule has 1 aromatic heterocycles. The lowest BCUT2D eigenvalue weighted by molar-refractivity contribution is -0.104. The summed E-state index contributed by atoms with van der Waals surface area (Å²) >= 11 is 1.59. The van der Waals surface area contributed by atoms with Crippen LogP contribution in [0.3, 0.4) is 0 Å². The highest BCUT2D eigenvalue weighted by atomic mass is 32.1. The minimum atomic E-state index is 0.478. The van der Waals surface area contributed by atoms with Gasteiger partial charge < -0.3 is 23.7 Å². The number of thiophene rings is 1. The normalized spacial score (nSPS) is 11.1. The van der Waals surface area contributed by atoms with E-state index in [9.17, 15) is 4.79 Å². The van der Waals surface area contributed by atoms with Crippen LogP contribution in [0.2, 0.25) is 0 Å². The van der Waals surface area contributed by atoms with E-state index in [2.05, 4.69) is 0 Å². The molecule has 0 unspecified atom stereocenters. The van der Waals surface area contributed by atoms with Crippen LogP contribution in [0.25, 0.3) is 16.0 Å². The maximum Gasteiger partial charge on any atom is 0.203 e. The first-order valence-corrected chi connectivity index (χ1v) is 10.3. The van der Waals surface area contributed by atoms with E-state index in [0.717, 1.165) is 27.9 Å². The second-order valence-electron chi connectivity index (χ2n) is 6.37. The number of aldehydes is 1. The van der Waals surface area contributed by atoms with Gasteiger partial charge in [-0.15, -0.1) is 11.3 Å². The fourth-order valence-electron chi connectivity index (χ4n) is 3.40. The van der Waals surface area contributed by atoms with Crippen LogP contribution in [0.1, 0.15) is 11.1 Å². The Balaban J connectivity index is 2.27. The molecule has 0 bridgehead atoms. The summed E-state index contributed by atoms with van der Waals surface area (Å²) in [6.45, 7) is 0. The van der Waals surface area contributed by atoms with Crippen molar-refractivity contribution in [3.8, 4) is 39.2 Å². The molecule has 2 aromatic carbocycles. The van der Waals surface area contributed by atoms with E-state index in [1.807, 2.05) is 29.6 Å². The molecule has 0 atom stereocenters. The summed E-state index contributed by atoms with van der Waals surface area (Å²) in [5, 5.41) is 2.00. The topological polar surface area (TPSA) is 63.2 Å². The predicted octanol–water partition coefficient (Wildman–Crippen LogP) is 5.09. The number of hydrogen-bond donors (Lipinski definition) is 0. The molecule has 6 nitrogen and oxygen atoms in total. The number of benzene rings is 2. The Labute approximate surface area is 185 Å². The van der Waals surface area contributed by atoms with Crippen LogP contribution < -0.4 is 23.7 Å². The van der Waals surface area contributed by atoms with Gasteiger partial charge in [0.15, 0.2) is 23.0 Å². The Morgan fingerprint density at radius 3 is 1.77 bits per heavy atom. The Bertz CT molecular complexity index is 1060. The number of ether oxygens (including phenoxy) is 5. The highest BCUT2D eigenvalue weighted by molar-refractivity contribution is 7.13. The molecule has 7 heteroatoms. The Morgan fingerprint density at radius 2 is 1.32 bits per heavy atom. The van der Waals surface area contributed by atoms with Gasteiger partial charge in [0, 0.05) is 10.4 Å². The third kappa shape index (κ3) is 4.36. The van der Waals surface area contributed by atoms with Gasteiger partial charge in [0.05, 0.1) is 35.5 Å². The van der Waals surface area contributed by atoms with Crippen LogP contribution in [0, 0.1) is 0 Å². The molecule has 0 radical (unpaired) electrons. The molecule has 31 heavy (non-hydrogen) atoms. The molecule has 0 amide bonds. The first-order chi connectivity index (χ1) is 15.1. The summed E-state index contributed by atoms with van der Waals surface area (Å²) < 4.78 is 27.6. The summed E-state index contributed by atoms with van der Waals surface area (Å²) in [7, 11) is 7.84. The predicted molar refractivity (Wildman–Crippen MR) is 122 cm³/mol. The maximum atomic E-state index is 11.6. The van der Waals surface area contributed by atoms with Gasteiger partial charge in [-0.05, 0) is 58.5 Å². The van der Waals surface area contributed by atoms with Crippen LogP contribution in [0.15, 0.2) is 47.9 Å². The molecule has 0 saturated carbocycles. The van der Waals surface area contributed by atoms with Crippen molar-refractivity contribution in [3.63, 3.8) is 0 Å². The SMILES string of the molecule is COc1cc(C(=CC=O)c2cc(OC)c(OC)c(-c3cccs3)c2)cc(OC)c1OC. The minimum absolute atomic E-state index is 0.478. The maximum absolute atomic E-state index is 11.6. The quantitative estimate of drug-likeness (QED) is 0.341. The highest BCUT2D eigenvalue weighted by Crippen LogP contribution is 2.45. The van der Waals surface area contributed by atoms with Crippen molar-refractivity contribution in [2.45, 2.75) is 0 Å². The Hall–Kier alpha value is -3.45. The van der Waals surface area contributed by atoms with E-state index in [-0.39, 0.29) is 0 Å². The lowest BCUT2D eigenvalue weighted by Crippen LogP contribution is -1.99. The number of carbonyl (C=O) groups excluding carboxylic acids is 1. The first-order valence-electron chi connectivity index (χ1n) is 9.37. The molecule has 0 N–H and O–H groups in total. The van der Waals surface area contributed by atoms with Crippen LogP contribution in [-0.2, 0) is 4.79 Å². The number of allylic oxidation sites excluding steroid dienone is 1. The standard InChI is InChI=1S/C24H24O6S/c1-26-19-12-15(11-18(23(19)29-4)22-7-6-10-31-22)17(8-9-25)16-13-20(27-2)24(30-5)21(14-16)28-3/h6-14H,1-5H3. The van der Waals surface area contributed by atoms with E-state index < -0.39 is 0 Å². The van der Waals surface area contributed by atoms with Crippen molar-refractivity contribution in [2.75, 3.05) is 35.5 Å². The first kappa shape index (κ1) is 22.2. The van der Waals surface area contributed by atoms with Crippen LogP contribution in [0.5, 0.6) is 28.7 Å². The number of carbonyl (C=O) groups is 1. The van der Waals surface area contributed by atoms with Gasteiger partial charge in [0.1, 0.15) is 6.29 Å². The molecular formula is C24H24O6S. The van der Waals surface area contributed by atoms with Gasteiger partial charge in [-0.1, -0.05) is 6.07 Å². The van der Waals surface area contributed by atoms with Crippen LogP contribution in [0.4, 0.5) is 0 Å². The van der Waals surface area contributed by atoms with E-state index >= 15 is 0 Å². The van der Waals surface area contributed by atoms with Gasteiger partial charge >= 0.3 is 0 Å². The van der Waals surface area contributed by atoms with Gasteiger partial charge in [-0.2, -0.15) is 0 Å². The molecular weight excluding hydrogens is 416 g/mol. The summed E-state index contributed by atoms with van der Waals surface area (Å²) in [4.78, 5) is 12.6. The molecule has 0 aliphatic heterocycles. The summed E-state index contributed by atoms with van der Waals surface area (Å²) in [5.74, 6) is 2.66. The fraction of sp³-hybridized carbons (Fsp3) is 0.208. The number of hydrogen-bond acceptors (Lipinski definition) is 7. The van der Waals surface area contributed by atoms with E-state index in [1.165, 1.54) is 6.08 Å². The number of rotatable bonds is 9. The van der Waals surface area contributed by atoms with Gasteiger partial charge in [0.25, 0.3) is 0 Å². The third-order valence-electron chi connectivity index (χ3n) is 4.79. The summed E-state index contributed by atoms with van der Waals surface area (Å²) in [5.41, 5.74) is 3.05. The second-order valence-corrected chi connectivity index (χ2v) is 7.31. The molecule has 0 fully saturated rings. The van der Waals surface area contributed by atoms with E-state index in [4.69, 9.17) is 23.7 Å². The molecule has 0 aliphatic rings. The van der Waals surface area contributed by atoms with Gasteiger partial charge in [-0.25, -0.2) is 0 Å². The molecule has 0 aliphatic carbocycles. The summed E-state index contributed by atoms with van der Waals surface area (Å²) in [6, 6.07) is 11.4. The van der Waals surface area contributed by atoms with Gasteiger partial charge in [0.2, 0.25) is 5.75 Å². The minimum Gasteiger partial charge on any atom is -0.493 e. The largest absolute Gasteiger partial charge is 0.493 e. The monoisotopic (exact) mass is 440 g/mol. The molecule has 1 heterocycles.